The molecule has 2 rings (SSSR count). The number of aliphatic hydroxyl groups is 1. The molecule has 0 fully saturated rings. The predicted octanol–water partition coefficient (Wildman–Crippen LogP) is 3.85. The largest absolute Gasteiger partial charge is 0.492 e. The zero-order valence-corrected chi connectivity index (χ0v) is 10.6. The van der Waals surface area contributed by atoms with Crippen LogP contribution in [0, 0.1) is 0 Å². The van der Waals surface area contributed by atoms with Gasteiger partial charge in [-0.2, -0.15) is 0 Å². The van der Waals surface area contributed by atoms with Gasteiger partial charge >= 0.3 is 0 Å². The van der Waals surface area contributed by atoms with Gasteiger partial charge in [0.15, 0.2) is 0 Å². The topological polar surface area (TPSA) is 29.5 Å². The number of ether oxygens (including phenoxy) is 1. The number of hydrogen-bond donors (Lipinski definition) is 1. The number of hydrogen-bond acceptors (Lipinski definition) is 2. The van der Waals surface area contributed by atoms with Crippen molar-refractivity contribution in [1.82, 2.24) is 0 Å². The summed E-state index contributed by atoms with van der Waals surface area (Å²) in [6.07, 6.45) is 2.09. The molecule has 1 unspecified atom stereocenters. The number of aliphatic hydroxyl groups excluding tert-OH is 1. The van der Waals surface area contributed by atoms with Gasteiger partial charge in [0.1, 0.15) is 5.75 Å². The van der Waals surface area contributed by atoms with E-state index in [9.17, 15) is 5.11 Å². The highest BCUT2D eigenvalue weighted by Gasteiger charge is 2.12. The Hall–Kier alpha value is -1.80. The van der Waals surface area contributed by atoms with E-state index in [2.05, 4.69) is 6.58 Å². The van der Waals surface area contributed by atoms with Crippen LogP contribution in [0.1, 0.15) is 25.0 Å². The highest BCUT2D eigenvalue weighted by molar-refractivity contribution is 5.89. The molecule has 0 aliphatic carbocycles. The van der Waals surface area contributed by atoms with Crippen molar-refractivity contribution in [3.8, 4) is 5.75 Å². The Bertz CT molecular complexity index is 544. The molecule has 0 aliphatic heterocycles. The van der Waals surface area contributed by atoms with E-state index in [0.29, 0.717) is 6.61 Å². The minimum atomic E-state index is -0.534. The molecule has 0 spiro atoms. The Morgan fingerprint density at radius 1 is 1.28 bits per heavy atom. The molecule has 2 nitrogen and oxygen atoms in total. The number of fused-ring (bicyclic) bond motifs is 1. The lowest BCUT2D eigenvalue weighted by atomic mass is 10.0. The summed E-state index contributed by atoms with van der Waals surface area (Å²) in [5.41, 5.74) is 0.831. The van der Waals surface area contributed by atoms with Crippen LogP contribution in [0.2, 0.25) is 0 Å². The summed E-state index contributed by atoms with van der Waals surface area (Å²) in [4.78, 5) is 0. The third-order valence-corrected chi connectivity index (χ3v) is 2.93. The third kappa shape index (κ3) is 2.54. The lowest BCUT2D eigenvalue weighted by Gasteiger charge is -2.15. The van der Waals surface area contributed by atoms with Crippen LogP contribution in [0.25, 0.3) is 10.8 Å². The highest BCUT2D eigenvalue weighted by Crippen LogP contribution is 2.33. The van der Waals surface area contributed by atoms with Gasteiger partial charge in [0.2, 0.25) is 0 Å². The molecular formula is C16H18O2. The van der Waals surface area contributed by atoms with Crippen LogP contribution in [0.5, 0.6) is 5.75 Å². The first-order valence-electron chi connectivity index (χ1n) is 6.17. The summed E-state index contributed by atoms with van der Waals surface area (Å²) in [5.74, 6) is 0.782. The van der Waals surface area contributed by atoms with Gasteiger partial charge in [-0.1, -0.05) is 42.5 Å². The quantitative estimate of drug-likeness (QED) is 0.637. The lowest BCUT2D eigenvalue weighted by molar-refractivity contribution is 0.192. The van der Waals surface area contributed by atoms with Crippen LogP contribution in [0.3, 0.4) is 0 Å². The average Bonchev–Trinajstić information content (AvgIpc) is 2.38. The molecule has 0 heterocycles. The van der Waals surface area contributed by atoms with Crippen LogP contribution in [0.4, 0.5) is 0 Å². The van der Waals surface area contributed by atoms with E-state index in [1.165, 1.54) is 0 Å². The summed E-state index contributed by atoms with van der Waals surface area (Å²) in [6.45, 7) is 6.02. The second-order valence-electron chi connectivity index (χ2n) is 4.31. The maximum Gasteiger partial charge on any atom is 0.132 e. The average molecular weight is 242 g/mol. The number of rotatable bonds is 5. The second kappa shape index (κ2) is 5.69. The van der Waals surface area contributed by atoms with E-state index in [1.807, 2.05) is 42.5 Å². The first-order valence-corrected chi connectivity index (χ1v) is 6.17. The van der Waals surface area contributed by atoms with Gasteiger partial charge in [-0.3, -0.25) is 0 Å². The van der Waals surface area contributed by atoms with Crippen molar-refractivity contribution < 1.29 is 9.84 Å². The first kappa shape index (κ1) is 12.7. The van der Waals surface area contributed by atoms with E-state index in [1.54, 1.807) is 6.92 Å². The Morgan fingerprint density at radius 3 is 2.78 bits per heavy atom. The van der Waals surface area contributed by atoms with Crippen molar-refractivity contribution in [1.29, 1.82) is 0 Å². The lowest BCUT2D eigenvalue weighted by Crippen LogP contribution is -2.02. The molecule has 18 heavy (non-hydrogen) atoms. The van der Waals surface area contributed by atoms with Crippen molar-refractivity contribution >= 4 is 10.8 Å². The first-order chi connectivity index (χ1) is 8.74. The summed E-state index contributed by atoms with van der Waals surface area (Å²) < 4.78 is 5.82. The van der Waals surface area contributed by atoms with Gasteiger partial charge in [0.25, 0.3) is 0 Å². The molecular weight excluding hydrogens is 224 g/mol. The fourth-order valence-electron chi connectivity index (χ4n) is 1.99. The molecule has 94 valence electrons. The maximum atomic E-state index is 9.82. The zero-order chi connectivity index (χ0) is 13.0. The van der Waals surface area contributed by atoms with Crippen molar-refractivity contribution in [3.05, 3.63) is 54.6 Å². The van der Waals surface area contributed by atoms with Crippen molar-refractivity contribution in [2.75, 3.05) is 6.61 Å². The van der Waals surface area contributed by atoms with Crippen LogP contribution >= 0.6 is 0 Å². The number of benzene rings is 2. The van der Waals surface area contributed by atoms with Gasteiger partial charge in [-0.25, -0.2) is 0 Å². The Kier molecular flexibility index (Phi) is 4.00. The van der Waals surface area contributed by atoms with E-state index < -0.39 is 6.10 Å². The van der Waals surface area contributed by atoms with E-state index >= 15 is 0 Å². The fourth-order valence-corrected chi connectivity index (χ4v) is 1.99. The van der Waals surface area contributed by atoms with Crippen LogP contribution < -0.4 is 4.74 Å². The Labute approximate surface area is 108 Å². The zero-order valence-electron chi connectivity index (χ0n) is 10.6. The summed E-state index contributed by atoms with van der Waals surface area (Å²) in [5, 5.41) is 12.0. The molecule has 0 aromatic heterocycles. The van der Waals surface area contributed by atoms with Gasteiger partial charge < -0.3 is 9.84 Å². The summed E-state index contributed by atoms with van der Waals surface area (Å²) >= 11 is 0. The highest BCUT2D eigenvalue weighted by atomic mass is 16.5. The molecule has 1 N–H and O–H groups in total. The molecule has 1 atom stereocenters. The smallest absolute Gasteiger partial charge is 0.132 e. The normalized spacial score (nSPS) is 12.3. The molecule has 2 aromatic rings. The van der Waals surface area contributed by atoms with Crippen LogP contribution in [0.15, 0.2) is 49.1 Å². The van der Waals surface area contributed by atoms with Crippen LogP contribution in [-0.2, 0) is 0 Å². The van der Waals surface area contributed by atoms with Crippen molar-refractivity contribution in [2.45, 2.75) is 19.4 Å². The van der Waals surface area contributed by atoms with E-state index in [-0.39, 0.29) is 0 Å². The molecule has 0 radical (unpaired) electrons. The fraction of sp³-hybridized carbons (Fsp3) is 0.250. The molecule has 0 saturated heterocycles. The minimum absolute atomic E-state index is 0.534. The maximum absolute atomic E-state index is 9.82. The summed E-state index contributed by atoms with van der Waals surface area (Å²) in [6, 6.07) is 12.0. The molecule has 2 heteroatoms. The van der Waals surface area contributed by atoms with Gasteiger partial charge in [-0.05, 0) is 18.7 Å². The van der Waals surface area contributed by atoms with Crippen molar-refractivity contribution in [2.24, 2.45) is 0 Å². The van der Waals surface area contributed by atoms with Gasteiger partial charge in [0.05, 0.1) is 12.7 Å². The summed E-state index contributed by atoms with van der Waals surface area (Å²) in [7, 11) is 0. The van der Waals surface area contributed by atoms with E-state index in [0.717, 1.165) is 28.5 Å². The van der Waals surface area contributed by atoms with Crippen LogP contribution in [-0.4, -0.2) is 11.7 Å². The third-order valence-electron chi connectivity index (χ3n) is 2.93. The molecule has 0 saturated carbocycles. The van der Waals surface area contributed by atoms with E-state index in [4.69, 9.17) is 4.74 Å². The predicted molar refractivity (Wildman–Crippen MR) is 74.9 cm³/mol. The molecule has 0 amide bonds. The van der Waals surface area contributed by atoms with Gasteiger partial charge in [-0.15, -0.1) is 6.58 Å². The Balaban J connectivity index is 2.48. The Morgan fingerprint density at radius 2 is 2.06 bits per heavy atom. The van der Waals surface area contributed by atoms with Gasteiger partial charge in [0, 0.05) is 10.9 Å². The SMILES string of the molecule is C=CCCOc1c(C(C)O)ccc2ccccc12. The minimum Gasteiger partial charge on any atom is -0.492 e. The molecule has 2 aromatic carbocycles. The molecule has 0 bridgehead atoms. The standard InChI is InChI=1S/C16H18O2/c1-3-4-11-18-16-14(12(2)17)10-9-13-7-5-6-8-15(13)16/h3,5-10,12,17H,1,4,11H2,2H3. The second-order valence-corrected chi connectivity index (χ2v) is 4.31. The van der Waals surface area contributed by atoms with Crippen molar-refractivity contribution in [3.63, 3.8) is 0 Å². The monoisotopic (exact) mass is 242 g/mol. The molecule has 0 aliphatic rings.